The molecule has 2 rings (SSSR count). The Morgan fingerprint density at radius 3 is 2.85 bits per heavy atom. The van der Waals surface area contributed by atoms with Gasteiger partial charge in [-0.1, -0.05) is 12.1 Å². The third-order valence-electron chi connectivity index (χ3n) is 2.64. The molecule has 1 aromatic heterocycles. The highest BCUT2D eigenvalue weighted by Crippen LogP contribution is 2.28. The van der Waals surface area contributed by atoms with Crippen molar-refractivity contribution in [2.45, 2.75) is 6.92 Å². The number of carbonyl (C=O) groups is 1. The normalized spacial score (nSPS) is 10.2. The summed E-state index contributed by atoms with van der Waals surface area (Å²) in [4.78, 5) is 15.5. The van der Waals surface area contributed by atoms with Gasteiger partial charge in [-0.15, -0.1) is 0 Å². The molecular weight excluding hydrogens is 263 g/mol. The van der Waals surface area contributed by atoms with E-state index < -0.39 is 11.8 Å². The fraction of sp³-hybridized carbons (Fsp3) is 0.143. The number of esters is 1. The van der Waals surface area contributed by atoms with Gasteiger partial charge >= 0.3 is 5.97 Å². The fourth-order valence-corrected chi connectivity index (χ4v) is 1.61. The highest BCUT2D eigenvalue weighted by atomic mass is 19.1. The number of carbonyl (C=O) groups excluding carboxylic acids is 1. The molecule has 20 heavy (non-hydrogen) atoms. The van der Waals surface area contributed by atoms with Gasteiger partial charge in [0.2, 0.25) is 5.88 Å². The van der Waals surface area contributed by atoms with Crippen LogP contribution >= 0.6 is 0 Å². The van der Waals surface area contributed by atoms with Gasteiger partial charge in [0.1, 0.15) is 5.56 Å². The van der Waals surface area contributed by atoms with Gasteiger partial charge in [-0.3, -0.25) is 0 Å². The van der Waals surface area contributed by atoms with Crippen LogP contribution in [0.25, 0.3) is 0 Å². The lowest BCUT2D eigenvalue weighted by Gasteiger charge is -2.10. The number of nitrogens with two attached hydrogens (primary N) is 1. The van der Waals surface area contributed by atoms with Crippen LogP contribution in [0.3, 0.4) is 0 Å². The second-order valence-electron chi connectivity index (χ2n) is 4.10. The minimum absolute atomic E-state index is 0.0209. The smallest absolute Gasteiger partial charge is 0.343 e. The van der Waals surface area contributed by atoms with Crippen molar-refractivity contribution >= 4 is 11.7 Å². The summed E-state index contributed by atoms with van der Waals surface area (Å²) in [7, 11) is 1.22. The average Bonchev–Trinajstić information content (AvgIpc) is 2.44. The maximum Gasteiger partial charge on any atom is 0.343 e. The SMILES string of the molecule is COC(=O)c1cc(N)cnc1Oc1cccc(C)c1F. The van der Waals surface area contributed by atoms with Gasteiger partial charge < -0.3 is 15.2 Å². The topological polar surface area (TPSA) is 74.4 Å². The minimum atomic E-state index is -0.659. The van der Waals surface area contributed by atoms with E-state index >= 15 is 0 Å². The van der Waals surface area contributed by atoms with Crippen molar-refractivity contribution in [3.8, 4) is 11.6 Å². The predicted molar refractivity (Wildman–Crippen MR) is 71.2 cm³/mol. The van der Waals surface area contributed by atoms with E-state index in [1.807, 2.05) is 0 Å². The number of anilines is 1. The van der Waals surface area contributed by atoms with Crippen LogP contribution < -0.4 is 10.5 Å². The Balaban J connectivity index is 2.43. The van der Waals surface area contributed by atoms with E-state index in [-0.39, 0.29) is 22.9 Å². The van der Waals surface area contributed by atoms with Gasteiger partial charge in [0.15, 0.2) is 11.6 Å². The second-order valence-corrected chi connectivity index (χ2v) is 4.10. The maximum absolute atomic E-state index is 13.9. The van der Waals surface area contributed by atoms with Crippen molar-refractivity contribution in [3.05, 3.63) is 47.4 Å². The van der Waals surface area contributed by atoms with Crippen molar-refractivity contribution in [1.29, 1.82) is 0 Å². The fourth-order valence-electron chi connectivity index (χ4n) is 1.61. The van der Waals surface area contributed by atoms with E-state index in [1.54, 1.807) is 19.1 Å². The first-order chi connectivity index (χ1) is 9.52. The highest BCUT2D eigenvalue weighted by Gasteiger charge is 2.17. The molecule has 0 radical (unpaired) electrons. The zero-order valence-corrected chi connectivity index (χ0v) is 11.0. The summed E-state index contributed by atoms with van der Waals surface area (Å²) in [5, 5.41) is 0. The average molecular weight is 276 g/mol. The number of aromatic nitrogens is 1. The summed E-state index contributed by atoms with van der Waals surface area (Å²) in [6.45, 7) is 1.61. The highest BCUT2D eigenvalue weighted by molar-refractivity contribution is 5.92. The van der Waals surface area contributed by atoms with Gasteiger partial charge in [0, 0.05) is 0 Å². The van der Waals surface area contributed by atoms with Crippen LogP contribution in [-0.2, 0) is 4.74 Å². The summed E-state index contributed by atoms with van der Waals surface area (Å²) in [6.07, 6.45) is 1.31. The van der Waals surface area contributed by atoms with E-state index in [4.69, 9.17) is 10.5 Å². The summed E-state index contributed by atoms with van der Waals surface area (Å²) >= 11 is 0. The number of pyridine rings is 1. The number of hydrogen-bond acceptors (Lipinski definition) is 5. The van der Waals surface area contributed by atoms with Crippen molar-refractivity contribution in [2.24, 2.45) is 0 Å². The summed E-state index contributed by atoms with van der Waals surface area (Å²) in [5.41, 5.74) is 6.31. The molecule has 0 bridgehead atoms. The number of benzene rings is 1. The molecule has 0 saturated carbocycles. The minimum Gasteiger partial charge on any atom is -0.465 e. The number of aryl methyl sites for hydroxylation is 1. The molecule has 1 heterocycles. The molecule has 6 heteroatoms. The molecule has 0 atom stereocenters. The Kier molecular flexibility index (Phi) is 3.84. The quantitative estimate of drug-likeness (QED) is 0.872. The van der Waals surface area contributed by atoms with E-state index in [2.05, 4.69) is 9.72 Å². The lowest BCUT2D eigenvalue weighted by Crippen LogP contribution is -2.07. The lowest BCUT2D eigenvalue weighted by atomic mass is 10.2. The molecule has 0 aliphatic rings. The van der Waals surface area contributed by atoms with Gasteiger partial charge in [-0.2, -0.15) is 0 Å². The predicted octanol–water partition coefficient (Wildman–Crippen LogP) is 2.69. The first kappa shape index (κ1) is 13.8. The van der Waals surface area contributed by atoms with Crippen molar-refractivity contribution in [2.75, 3.05) is 12.8 Å². The van der Waals surface area contributed by atoms with E-state index in [9.17, 15) is 9.18 Å². The van der Waals surface area contributed by atoms with Crippen LogP contribution in [0.5, 0.6) is 11.6 Å². The monoisotopic (exact) mass is 276 g/mol. The largest absolute Gasteiger partial charge is 0.465 e. The van der Waals surface area contributed by atoms with Crippen LogP contribution in [0.4, 0.5) is 10.1 Å². The van der Waals surface area contributed by atoms with Gasteiger partial charge in [-0.25, -0.2) is 14.2 Å². The Labute approximate surface area is 115 Å². The molecular formula is C14H13FN2O3. The maximum atomic E-state index is 13.9. The van der Waals surface area contributed by atoms with Crippen LogP contribution in [-0.4, -0.2) is 18.1 Å². The third kappa shape index (κ3) is 2.69. The Hall–Kier alpha value is -2.63. The standard InChI is InChI=1S/C14H13FN2O3/c1-8-4-3-5-11(12(8)15)20-13-10(14(18)19-2)6-9(16)7-17-13/h3-7H,16H2,1-2H3. The second kappa shape index (κ2) is 5.56. The molecule has 5 nitrogen and oxygen atoms in total. The number of rotatable bonds is 3. The van der Waals surface area contributed by atoms with Crippen molar-refractivity contribution < 1.29 is 18.7 Å². The number of methoxy groups -OCH3 is 1. The summed E-state index contributed by atoms with van der Waals surface area (Å²) in [6, 6.07) is 6.06. The number of hydrogen-bond donors (Lipinski definition) is 1. The third-order valence-corrected chi connectivity index (χ3v) is 2.64. The van der Waals surface area contributed by atoms with E-state index in [0.29, 0.717) is 5.56 Å². The molecule has 104 valence electrons. The molecule has 2 aromatic rings. The van der Waals surface area contributed by atoms with E-state index in [1.165, 1.54) is 25.4 Å². The molecule has 0 aliphatic heterocycles. The van der Waals surface area contributed by atoms with Crippen LogP contribution in [0.15, 0.2) is 30.5 Å². The number of ether oxygens (including phenoxy) is 2. The molecule has 0 fully saturated rings. The number of nitrogens with zero attached hydrogens (tertiary/aromatic N) is 1. The van der Waals surface area contributed by atoms with E-state index in [0.717, 1.165) is 0 Å². The zero-order valence-electron chi connectivity index (χ0n) is 11.0. The summed E-state index contributed by atoms with van der Waals surface area (Å²) in [5.74, 6) is -1.25. The van der Waals surface area contributed by atoms with Crippen molar-refractivity contribution in [1.82, 2.24) is 4.98 Å². The first-order valence-corrected chi connectivity index (χ1v) is 5.79. The van der Waals surface area contributed by atoms with Gasteiger partial charge in [-0.05, 0) is 24.6 Å². The molecule has 1 aromatic carbocycles. The summed E-state index contributed by atoms with van der Waals surface area (Å²) < 4.78 is 23.9. The molecule has 0 spiro atoms. The zero-order chi connectivity index (χ0) is 14.7. The van der Waals surface area contributed by atoms with Gasteiger partial charge in [0.25, 0.3) is 0 Å². The Morgan fingerprint density at radius 1 is 1.40 bits per heavy atom. The first-order valence-electron chi connectivity index (χ1n) is 5.79. The molecule has 2 N–H and O–H groups in total. The Morgan fingerprint density at radius 2 is 2.15 bits per heavy atom. The van der Waals surface area contributed by atoms with Crippen LogP contribution in [0, 0.1) is 12.7 Å². The van der Waals surface area contributed by atoms with Crippen LogP contribution in [0.2, 0.25) is 0 Å². The van der Waals surface area contributed by atoms with Gasteiger partial charge in [0.05, 0.1) is 19.0 Å². The van der Waals surface area contributed by atoms with Crippen molar-refractivity contribution in [3.63, 3.8) is 0 Å². The number of nitrogen functional groups attached to an aromatic ring is 1. The molecule has 0 saturated heterocycles. The Bertz CT molecular complexity index is 659. The van der Waals surface area contributed by atoms with Crippen LogP contribution in [0.1, 0.15) is 15.9 Å². The lowest BCUT2D eigenvalue weighted by molar-refractivity contribution is 0.0597. The number of halogens is 1. The molecule has 0 unspecified atom stereocenters. The molecule has 0 aliphatic carbocycles. The molecule has 0 amide bonds.